The van der Waals surface area contributed by atoms with Crippen LogP contribution in [0.1, 0.15) is 32.6 Å². The Kier molecular flexibility index (Phi) is 5.13. The Balaban J connectivity index is 1.42. The lowest BCUT2D eigenvalue weighted by Crippen LogP contribution is -2.53. The van der Waals surface area contributed by atoms with E-state index in [-0.39, 0.29) is 0 Å². The van der Waals surface area contributed by atoms with E-state index >= 15 is 0 Å². The number of carbonyl (C=O) groups excluding carboxylic acids is 2. The number of hydrogen-bond donors (Lipinski definition) is 2. The molecule has 4 aliphatic rings. The van der Waals surface area contributed by atoms with Gasteiger partial charge in [-0.15, -0.1) is 0 Å². The predicted octanol–water partition coefficient (Wildman–Crippen LogP) is 0.0278. The molecular weight excluding hydrogens is 434 g/mol. The van der Waals surface area contributed by atoms with E-state index in [1.807, 2.05) is 0 Å². The fraction of sp³-hybridized carbons (Fsp3) is 0.882. The molecule has 3 aliphatic heterocycles. The summed E-state index contributed by atoms with van der Waals surface area (Å²) in [4.78, 5) is 24.2. The number of aliphatic hydroxyl groups is 1. The van der Waals surface area contributed by atoms with E-state index in [1.54, 1.807) is 0 Å². The standard InChI is InChI=1S/C17H22F2O10S/c1-7(17(18,19)30(23,24)25)27-8(20)6-26-13-12-10(16(22)4-2-3-5-16)9-11(28-12)14(13)29-15(9)21/h7,9-14,22H,2-6H2,1H3,(H,23,24,25). The van der Waals surface area contributed by atoms with Crippen LogP contribution in [0.25, 0.3) is 0 Å². The fourth-order valence-corrected chi connectivity index (χ4v) is 5.62. The molecule has 3 saturated heterocycles. The van der Waals surface area contributed by atoms with Gasteiger partial charge in [-0.25, -0.2) is 4.79 Å². The van der Waals surface area contributed by atoms with Crippen molar-refractivity contribution in [1.29, 1.82) is 0 Å². The minimum Gasteiger partial charge on any atom is -0.456 e. The topological polar surface area (TPSA) is 146 Å². The molecule has 0 spiro atoms. The number of ether oxygens (including phenoxy) is 4. The highest BCUT2D eigenvalue weighted by molar-refractivity contribution is 7.86. The maximum absolute atomic E-state index is 13.5. The molecule has 1 saturated carbocycles. The molecule has 3 heterocycles. The van der Waals surface area contributed by atoms with Crippen molar-refractivity contribution >= 4 is 22.1 Å². The SMILES string of the molecule is CC(OC(=O)COC1C2OC(=O)C3C2OC1C3C1(O)CCCC1)C(F)(F)S(=O)(=O)O. The van der Waals surface area contributed by atoms with Gasteiger partial charge >= 0.3 is 27.3 Å². The number of alkyl halides is 2. The molecule has 7 atom stereocenters. The molecular formula is C17H22F2O10S. The number of rotatable bonds is 7. The number of fused-ring (bicyclic) bond motifs is 1. The Morgan fingerprint density at radius 1 is 1.30 bits per heavy atom. The third-order valence-corrected chi connectivity index (χ3v) is 7.53. The van der Waals surface area contributed by atoms with Crippen LogP contribution in [-0.2, 0) is 38.7 Å². The van der Waals surface area contributed by atoms with E-state index in [0.717, 1.165) is 12.8 Å². The normalized spacial score (nSPS) is 38.0. The van der Waals surface area contributed by atoms with Crippen molar-refractivity contribution in [3.8, 4) is 0 Å². The summed E-state index contributed by atoms with van der Waals surface area (Å²) in [6.07, 6.45) is -2.91. The molecule has 0 radical (unpaired) electrons. The second kappa shape index (κ2) is 7.05. The van der Waals surface area contributed by atoms with Crippen LogP contribution in [0.5, 0.6) is 0 Å². The predicted molar refractivity (Wildman–Crippen MR) is 90.7 cm³/mol. The second-order valence-corrected chi connectivity index (χ2v) is 9.77. The molecule has 2 N–H and O–H groups in total. The average Bonchev–Trinajstić information content (AvgIpc) is 3.35. The summed E-state index contributed by atoms with van der Waals surface area (Å²) in [5.41, 5.74) is -1.12. The van der Waals surface area contributed by atoms with Gasteiger partial charge in [-0.2, -0.15) is 17.2 Å². The highest BCUT2D eigenvalue weighted by atomic mass is 32.2. The molecule has 0 aromatic heterocycles. The fourth-order valence-electron chi connectivity index (χ4n) is 5.15. The van der Waals surface area contributed by atoms with Gasteiger partial charge < -0.3 is 24.1 Å². The number of carbonyl (C=O) groups is 2. The summed E-state index contributed by atoms with van der Waals surface area (Å²) < 4.78 is 78.1. The molecule has 0 amide bonds. The van der Waals surface area contributed by atoms with Gasteiger partial charge in [0.25, 0.3) is 0 Å². The van der Waals surface area contributed by atoms with E-state index in [4.69, 9.17) is 18.8 Å². The Labute approximate surface area is 170 Å². The zero-order valence-corrected chi connectivity index (χ0v) is 16.7. The minimum atomic E-state index is -5.78. The Morgan fingerprint density at radius 3 is 2.53 bits per heavy atom. The van der Waals surface area contributed by atoms with E-state index in [1.165, 1.54) is 0 Å². The maximum atomic E-state index is 13.5. The van der Waals surface area contributed by atoms with Gasteiger partial charge in [-0.3, -0.25) is 9.35 Å². The first-order chi connectivity index (χ1) is 13.9. The largest absolute Gasteiger partial charge is 0.456 e. The van der Waals surface area contributed by atoms with Crippen molar-refractivity contribution in [2.45, 2.75) is 74.0 Å². The van der Waals surface area contributed by atoms with E-state index < -0.39 is 81.9 Å². The summed E-state index contributed by atoms with van der Waals surface area (Å²) in [6, 6.07) is 0. The minimum absolute atomic E-state index is 0.496. The lowest BCUT2D eigenvalue weighted by Gasteiger charge is -2.38. The third-order valence-electron chi connectivity index (χ3n) is 6.51. The lowest BCUT2D eigenvalue weighted by molar-refractivity contribution is -0.170. The molecule has 4 fully saturated rings. The van der Waals surface area contributed by atoms with Crippen LogP contribution in [0.2, 0.25) is 0 Å². The molecule has 0 aromatic rings. The molecule has 4 rings (SSSR count). The van der Waals surface area contributed by atoms with Crippen LogP contribution < -0.4 is 0 Å². The highest BCUT2D eigenvalue weighted by Gasteiger charge is 2.72. The van der Waals surface area contributed by atoms with Crippen LogP contribution in [0.3, 0.4) is 0 Å². The smallest absolute Gasteiger partial charge is 0.405 e. The Bertz CT molecular complexity index is 839. The number of halogens is 2. The summed E-state index contributed by atoms with van der Waals surface area (Å²) in [5.74, 6) is -3.00. The van der Waals surface area contributed by atoms with Crippen molar-refractivity contribution in [3.05, 3.63) is 0 Å². The highest BCUT2D eigenvalue weighted by Crippen LogP contribution is 2.57. The van der Waals surface area contributed by atoms with Crippen LogP contribution in [0, 0.1) is 11.8 Å². The molecule has 13 heteroatoms. The number of hydrogen-bond acceptors (Lipinski definition) is 9. The second-order valence-electron chi connectivity index (χ2n) is 8.27. The number of esters is 2. The van der Waals surface area contributed by atoms with Crippen molar-refractivity contribution in [1.82, 2.24) is 0 Å². The molecule has 2 bridgehead atoms. The van der Waals surface area contributed by atoms with Gasteiger partial charge in [0.05, 0.1) is 17.6 Å². The van der Waals surface area contributed by atoms with Crippen LogP contribution in [0.15, 0.2) is 0 Å². The molecule has 30 heavy (non-hydrogen) atoms. The third kappa shape index (κ3) is 3.22. The van der Waals surface area contributed by atoms with E-state index in [2.05, 4.69) is 4.74 Å². The lowest BCUT2D eigenvalue weighted by atomic mass is 9.69. The van der Waals surface area contributed by atoms with Crippen LogP contribution in [0.4, 0.5) is 8.78 Å². The Hall–Kier alpha value is -1.41. The zero-order chi connectivity index (χ0) is 22.1. The van der Waals surface area contributed by atoms with Crippen LogP contribution in [-0.4, -0.2) is 78.0 Å². The monoisotopic (exact) mass is 456 g/mol. The molecule has 0 aromatic carbocycles. The summed E-state index contributed by atoms with van der Waals surface area (Å²) in [7, 11) is -5.78. The van der Waals surface area contributed by atoms with Gasteiger partial charge in [0.1, 0.15) is 18.8 Å². The molecule has 170 valence electrons. The average molecular weight is 456 g/mol. The Morgan fingerprint density at radius 2 is 1.93 bits per heavy atom. The van der Waals surface area contributed by atoms with Crippen molar-refractivity contribution in [3.63, 3.8) is 0 Å². The van der Waals surface area contributed by atoms with Gasteiger partial charge in [0.2, 0.25) is 0 Å². The molecule has 7 unspecified atom stereocenters. The van der Waals surface area contributed by atoms with Gasteiger partial charge in [0.15, 0.2) is 12.2 Å². The first-order valence-electron chi connectivity index (χ1n) is 9.61. The first kappa shape index (κ1) is 21.8. The van der Waals surface area contributed by atoms with E-state index in [9.17, 15) is 31.9 Å². The van der Waals surface area contributed by atoms with Crippen molar-refractivity contribution in [2.75, 3.05) is 6.61 Å². The van der Waals surface area contributed by atoms with Crippen LogP contribution >= 0.6 is 0 Å². The first-order valence-corrected chi connectivity index (χ1v) is 11.0. The maximum Gasteiger partial charge on any atom is 0.405 e. The summed E-state index contributed by atoms with van der Waals surface area (Å²) in [5, 5.41) is 6.34. The molecule has 1 aliphatic carbocycles. The van der Waals surface area contributed by atoms with Crippen molar-refractivity contribution < 1.29 is 55.4 Å². The van der Waals surface area contributed by atoms with Crippen molar-refractivity contribution in [2.24, 2.45) is 11.8 Å². The molecule has 10 nitrogen and oxygen atoms in total. The van der Waals surface area contributed by atoms with Gasteiger partial charge in [-0.1, -0.05) is 12.8 Å². The quantitative estimate of drug-likeness (QED) is 0.397. The van der Waals surface area contributed by atoms with E-state index in [0.29, 0.717) is 19.8 Å². The summed E-state index contributed by atoms with van der Waals surface area (Å²) in [6.45, 7) is -0.228. The van der Waals surface area contributed by atoms with Gasteiger partial charge in [0, 0.05) is 5.92 Å². The summed E-state index contributed by atoms with van der Waals surface area (Å²) >= 11 is 0. The van der Waals surface area contributed by atoms with Gasteiger partial charge in [-0.05, 0) is 19.8 Å². The zero-order valence-electron chi connectivity index (χ0n) is 15.9.